The molecule has 162 valence electrons. The maximum atomic E-state index is 12.3. The summed E-state index contributed by atoms with van der Waals surface area (Å²) in [5.74, 6) is 0.376. The molecule has 1 aliphatic carbocycles. The molecule has 0 aromatic heterocycles. The van der Waals surface area contributed by atoms with Crippen molar-refractivity contribution in [3.63, 3.8) is 0 Å². The van der Waals surface area contributed by atoms with Crippen molar-refractivity contribution in [2.24, 2.45) is 11.8 Å². The Hall–Kier alpha value is -2.49. The molecule has 1 fully saturated rings. The van der Waals surface area contributed by atoms with E-state index in [9.17, 15) is 9.90 Å². The number of aliphatic carboxylic acids is 1. The molecule has 4 nitrogen and oxygen atoms in total. The number of anilines is 3. The summed E-state index contributed by atoms with van der Waals surface area (Å²) in [5.41, 5.74) is 3.31. The van der Waals surface area contributed by atoms with Gasteiger partial charge in [-0.15, -0.1) is 0 Å². The molecular weight excluding hydrogens is 372 g/mol. The van der Waals surface area contributed by atoms with Crippen LogP contribution in [0.25, 0.3) is 0 Å². The van der Waals surface area contributed by atoms with E-state index in [1.165, 1.54) is 0 Å². The predicted molar refractivity (Wildman–Crippen MR) is 126 cm³/mol. The summed E-state index contributed by atoms with van der Waals surface area (Å²) in [7, 11) is 0. The lowest BCUT2D eigenvalue weighted by atomic mass is 9.78. The first-order valence-corrected chi connectivity index (χ1v) is 11.3. The van der Waals surface area contributed by atoms with Crippen LogP contribution in [0.1, 0.15) is 58.9 Å². The third-order valence-corrected chi connectivity index (χ3v) is 5.98. The Bertz CT molecular complexity index is 829. The molecule has 0 atom stereocenters. The van der Waals surface area contributed by atoms with Crippen LogP contribution in [0, 0.1) is 11.8 Å². The summed E-state index contributed by atoms with van der Waals surface area (Å²) in [5, 5.41) is 13.7. The Labute approximate surface area is 181 Å². The van der Waals surface area contributed by atoms with E-state index in [1.54, 1.807) is 0 Å². The van der Waals surface area contributed by atoms with Crippen molar-refractivity contribution in [1.82, 2.24) is 0 Å². The smallest absolute Gasteiger partial charge is 0.314 e. The van der Waals surface area contributed by atoms with E-state index in [4.69, 9.17) is 0 Å². The molecule has 0 saturated heterocycles. The van der Waals surface area contributed by atoms with Crippen LogP contribution < -0.4 is 10.2 Å². The zero-order valence-corrected chi connectivity index (χ0v) is 18.8. The van der Waals surface area contributed by atoms with Gasteiger partial charge in [0, 0.05) is 18.8 Å². The van der Waals surface area contributed by atoms with Gasteiger partial charge in [0.15, 0.2) is 0 Å². The van der Waals surface area contributed by atoms with E-state index in [1.807, 2.05) is 30.3 Å². The van der Waals surface area contributed by atoms with Crippen LogP contribution in [0.15, 0.2) is 48.5 Å². The lowest BCUT2D eigenvalue weighted by Gasteiger charge is -2.32. The molecule has 0 amide bonds. The van der Waals surface area contributed by atoms with Crippen molar-refractivity contribution >= 4 is 23.0 Å². The van der Waals surface area contributed by atoms with Gasteiger partial charge in [-0.1, -0.05) is 64.8 Å². The molecule has 0 radical (unpaired) electrons. The highest BCUT2D eigenvalue weighted by atomic mass is 16.4. The zero-order chi connectivity index (χ0) is 21.7. The van der Waals surface area contributed by atoms with Gasteiger partial charge in [-0.05, 0) is 54.5 Å². The largest absolute Gasteiger partial charge is 0.481 e. The third-order valence-electron chi connectivity index (χ3n) is 5.98. The first-order chi connectivity index (χ1) is 14.3. The monoisotopic (exact) mass is 408 g/mol. The highest BCUT2D eigenvalue weighted by Gasteiger charge is 2.43. The topological polar surface area (TPSA) is 52.6 Å². The van der Waals surface area contributed by atoms with Gasteiger partial charge in [-0.3, -0.25) is 4.79 Å². The molecular formula is C26H36N2O2. The van der Waals surface area contributed by atoms with Crippen LogP contribution in [-0.2, 0) is 10.2 Å². The molecule has 4 heteroatoms. The second-order valence-electron chi connectivity index (χ2n) is 9.51. The molecule has 1 saturated carbocycles. The quantitative estimate of drug-likeness (QED) is 0.501. The van der Waals surface area contributed by atoms with Gasteiger partial charge in [0.05, 0.1) is 16.8 Å². The fraction of sp³-hybridized carbons (Fsp3) is 0.500. The van der Waals surface area contributed by atoms with Crippen LogP contribution in [0.3, 0.4) is 0 Å². The van der Waals surface area contributed by atoms with Gasteiger partial charge < -0.3 is 15.3 Å². The highest BCUT2D eigenvalue weighted by Crippen LogP contribution is 2.44. The van der Waals surface area contributed by atoms with Gasteiger partial charge in [-0.2, -0.15) is 0 Å². The number of carbonyl (C=O) groups is 1. The molecule has 0 bridgehead atoms. The van der Waals surface area contributed by atoms with Gasteiger partial charge in [-0.25, -0.2) is 0 Å². The second kappa shape index (κ2) is 9.55. The fourth-order valence-electron chi connectivity index (χ4n) is 4.64. The lowest BCUT2D eigenvalue weighted by Crippen LogP contribution is -2.34. The predicted octanol–water partition coefficient (Wildman–Crippen LogP) is 6.45. The summed E-state index contributed by atoms with van der Waals surface area (Å²) >= 11 is 0. The number of hydrogen-bond donors (Lipinski definition) is 2. The molecule has 30 heavy (non-hydrogen) atoms. The van der Waals surface area contributed by atoms with Gasteiger partial charge >= 0.3 is 5.97 Å². The Morgan fingerprint density at radius 3 is 2.13 bits per heavy atom. The standard InChI is InChI=1S/C26H36N2O2/c1-19(2)17-28(18-20(3)4)24-13-12-21(26(25(29)30)14-8-9-15-26)16-23(24)27-22-10-6-5-7-11-22/h5-7,10-13,16,19-20,27H,8-9,14-15,17-18H2,1-4H3,(H,29,30). The van der Waals surface area contributed by atoms with Crippen molar-refractivity contribution in [3.05, 3.63) is 54.1 Å². The summed E-state index contributed by atoms with van der Waals surface area (Å²) in [6.45, 7) is 10.9. The van der Waals surface area contributed by atoms with E-state index in [2.05, 4.69) is 56.1 Å². The molecule has 3 rings (SSSR count). The van der Waals surface area contributed by atoms with E-state index < -0.39 is 11.4 Å². The van der Waals surface area contributed by atoms with Gasteiger partial charge in [0.1, 0.15) is 0 Å². The average Bonchev–Trinajstić information content (AvgIpc) is 3.19. The molecule has 0 unspecified atom stereocenters. The maximum absolute atomic E-state index is 12.3. The number of hydrogen-bond acceptors (Lipinski definition) is 3. The Morgan fingerprint density at radius 1 is 1.00 bits per heavy atom. The number of benzene rings is 2. The minimum Gasteiger partial charge on any atom is -0.481 e. The van der Waals surface area contributed by atoms with Crippen LogP contribution >= 0.6 is 0 Å². The van der Waals surface area contributed by atoms with E-state index >= 15 is 0 Å². The molecule has 0 spiro atoms. The molecule has 1 aliphatic rings. The number of nitrogens with zero attached hydrogens (tertiary/aromatic N) is 1. The normalized spacial score (nSPS) is 15.5. The average molecular weight is 409 g/mol. The molecule has 2 aromatic carbocycles. The summed E-state index contributed by atoms with van der Waals surface area (Å²) in [6.07, 6.45) is 3.38. The van der Waals surface area contributed by atoms with Crippen molar-refractivity contribution in [3.8, 4) is 0 Å². The SMILES string of the molecule is CC(C)CN(CC(C)C)c1ccc(C2(C(=O)O)CCCC2)cc1Nc1ccccc1. The number of carboxylic acid groups (broad SMARTS) is 1. The summed E-state index contributed by atoms with van der Waals surface area (Å²) in [6, 6.07) is 16.4. The van der Waals surface area contributed by atoms with E-state index in [0.717, 1.165) is 48.6 Å². The lowest BCUT2D eigenvalue weighted by molar-refractivity contribution is -0.143. The van der Waals surface area contributed by atoms with Gasteiger partial charge in [0.25, 0.3) is 0 Å². The third kappa shape index (κ3) is 4.97. The highest BCUT2D eigenvalue weighted by molar-refractivity contribution is 5.84. The van der Waals surface area contributed by atoms with Gasteiger partial charge in [0.2, 0.25) is 0 Å². The number of carboxylic acids is 1. The van der Waals surface area contributed by atoms with Crippen LogP contribution in [0.5, 0.6) is 0 Å². The van der Waals surface area contributed by atoms with Crippen LogP contribution in [0.4, 0.5) is 17.1 Å². The molecule has 2 N–H and O–H groups in total. The second-order valence-corrected chi connectivity index (χ2v) is 9.51. The van der Waals surface area contributed by atoms with E-state index in [0.29, 0.717) is 24.7 Å². The van der Waals surface area contributed by atoms with Crippen molar-refractivity contribution in [1.29, 1.82) is 0 Å². The summed E-state index contributed by atoms with van der Waals surface area (Å²) < 4.78 is 0. The van der Waals surface area contributed by atoms with Crippen molar-refractivity contribution < 1.29 is 9.90 Å². The maximum Gasteiger partial charge on any atom is 0.314 e. The molecule has 2 aromatic rings. The van der Waals surface area contributed by atoms with E-state index in [-0.39, 0.29) is 0 Å². The van der Waals surface area contributed by atoms with Crippen LogP contribution in [0.2, 0.25) is 0 Å². The Kier molecular flexibility index (Phi) is 7.06. The molecule has 0 heterocycles. The van der Waals surface area contributed by atoms with Crippen molar-refractivity contribution in [2.45, 2.75) is 58.8 Å². The Morgan fingerprint density at radius 2 is 1.60 bits per heavy atom. The minimum absolute atomic E-state index is 0.535. The number of rotatable bonds is 9. The molecule has 0 aliphatic heterocycles. The van der Waals surface area contributed by atoms with Crippen molar-refractivity contribution in [2.75, 3.05) is 23.3 Å². The first-order valence-electron chi connectivity index (χ1n) is 11.3. The Balaban J connectivity index is 2.07. The zero-order valence-electron chi connectivity index (χ0n) is 18.8. The van der Waals surface area contributed by atoms with Crippen LogP contribution in [-0.4, -0.2) is 24.2 Å². The summed E-state index contributed by atoms with van der Waals surface area (Å²) in [4.78, 5) is 14.7. The minimum atomic E-state index is -0.757. The number of para-hydroxylation sites is 1. The number of nitrogens with one attached hydrogen (secondary N) is 1. The fourth-order valence-corrected chi connectivity index (χ4v) is 4.64. The first kappa shape index (κ1) is 22.2.